The fraction of sp³-hybridized carbons (Fsp3) is 0.588. The smallest absolute Gasteiger partial charge is 0.307 e. The molecule has 2 aliphatic carbocycles. The maximum atomic E-state index is 11.5. The van der Waals surface area contributed by atoms with Crippen molar-refractivity contribution in [2.75, 3.05) is 0 Å². The molecule has 0 aromatic heterocycles. The van der Waals surface area contributed by atoms with Crippen LogP contribution in [0.5, 0.6) is 0 Å². The van der Waals surface area contributed by atoms with E-state index >= 15 is 0 Å². The molecule has 1 N–H and O–H groups in total. The third-order valence-electron chi connectivity index (χ3n) is 5.53. The van der Waals surface area contributed by atoms with Crippen LogP contribution in [0.4, 0.5) is 0 Å². The molecule has 2 nitrogen and oxygen atoms in total. The second-order valence-electron chi connectivity index (χ2n) is 6.84. The topological polar surface area (TPSA) is 37.3 Å². The van der Waals surface area contributed by atoms with E-state index in [-0.39, 0.29) is 16.7 Å². The van der Waals surface area contributed by atoms with E-state index in [1.54, 1.807) is 0 Å². The van der Waals surface area contributed by atoms with Gasteiger partial charge < -0.3 is 5.11 Å². The molecule has 0 spiro atoms. The molecule has 0 aliphatic heterocycles. The van der Waals surface area contributed by atoms with Crippen LogP contribution in [0.25, 0.3) is 0 Å². The summed E-state index contributed by atoms with van der Waals surface area (Å²) in [6, 6.07) is 10.6. The Morgan fingerprint density at radius 1 is 1.16 bits per heavy atom. The van der Waals surface area contributed by atoms with Crippen molar-refractivity contribution in [2.45, 2.75) is 44.9 Å². The lowest BCUT2D eigenvalue weighted by Crippen LogP contribution is -2.28. The minimum Gasteiger partial charge on any atom is -0.481 e. The van der Waals surface area contributed by atoms with Crippen molar-refractivity contribution < 1.29 is 9.90 Å². The Bertz CT molecular complexity index is 483. The Kier molecular flexibility index (Phi) is 2.74. The van der Waals surface area contributed by atoms with Crippen LogP contribution in [0.3, 0.4) is 0 Å². The molecule has 19 heavy (non-hydrogen) atoms. The second kappa shape index (κ2) is 4.09. The van der Waals surface area contributed by atoms with E-state index in [0.29, 0.717) is 5.92 Å². The van der Waals surface area contributed by atoms with Crippen LogP contribution in [0, 0.1) is 17.3 Å². The van der Waals surface area contributed by atoms with Gasteiger partial charge in [0.2, 0.25) is 0 Å². The minimum absolute atomic E-state index is 0.0635. The molecule has 2 atom stereocenters. The number of carbonyl (C=O) groups is 1. The summed E-state index contributed by atoms with van der Waals surface area (Å²) in [5.74, 6) is -0.495. The average molecular weight is 258 g/mol. The Morgan fingerprint density at radius 3 is 2.21 bits per heavy atom. The first-order chi connectivity index (χ1) is 9.00. The fourth-order valence-electron chi connectivity index (χ4n) is 4.69. The van der Waals surface area contributed by atoms with E-state index in [9.17, 15) is 9.90 Å². The van der Waals surface area contributed by atoms with Gasteiger partial charge in [-0.1, -0.05) is 57.0 Å². The third-order valence-corrected chi connectivity index (χ3v) is 5.53. The van der Waals surface area contributed by atoms with Crippen molar-refractivity contribution in [2.24, 2.45) is 17.3 Å². The maximum Gasteiger partial charge on any atom is 0.307 e. The van der Waals surface area contributed by atoms with Gasteiger partial charge in [-0.15, -0.1) is 0 Å². The molecule has 3 rings (SSSR count). The van der Waals surface area contributed by atoms with Crippen molar-refractivity contribution in [3.05, 3.63) is 35.9 Å². The van der Waals surface area contributed by atoms with Crippen molar-refractivity contribution >= 4 is 5.97 Å². The van der Waals surface area contributed by atoms with Gasteiger partial charge in [0, 0.05) is 0 Å². The molecule has 2 aliphatic rings. The molecule has 2 unspecified atom stereocenters. The third kappa shape index (κ3) is 1.73. The molecule has 1 aromatic carbocycles. The van der Waals surface area contributed by atoms with Crippen LogP contribution >= 0.6 is 0 Å². The highest BCUT2D eigenvalue weighted by Crippen LogP contribution is 2.69. The van der Waals surface area contributed by atoms with Gasteiger partial charge in [-0.25, -0.2) is 0 Å². The van der Waals surface area contributed by atoms with Gasteiger partial charge in [-0.2, -0.15) is 0 Å². The summed E-state index contributed by atoms with van der Waals surface area (Å²) >= 11 is 0. The highest BCUT2D eigenvalue weighted by atomic mass is 16.4. The number of carboxylic acids is 1. The zero-order valence-electron chi connectivity index (χ0n) is 11.7. The van der Waals surface area contributed by atoms with E-state index in [0.717, 1.165) is 12.8 Å². The molecule has 0 amide bonds. The van der Waals surface area contributed by atoms with E-state index in [1.165, 1.54) is 18.4 Å². The number of carboxylic acid groups (broad SMARTS) is 1. The van der Waals surface area contributed by atoms with Crippen molar-refractivity contribution in [1.29, 1.82) is 0 Å². The van der Waals surface area contributed by atoms with Crippen molar-refractivity contribution in [1.82, 2.24) is 0 Å². The molecule has 0 bridgehead atoms. The van der Waals surface area contributed by atoms with Crippen LogP contribution in [0.1, 0.15) is 45.1 Å². The van der Waals surface area contributed by atoms with Crippen LogP contribution in [0.2, 0.25) is 0 Å². The molecule has 0 heterocycles. The SMILES string of the molecule is CC1(C)C(C(=O)O)C1C1(c2ccccc2)CCCC1. The Labute approximate surface area is 114 Å². The summed E-state index contributed by atoms with van der Waals surface area (Å²) in [6.07, 6.45) is 4.76. The zero-order chi connectivity index (χ0) is 13.7. The number of hydrogen-bond donors (Lipinski definition) is 1. The van der Waals surface area contributed by atoms with Crippen LogP contribution in [-0.2, 0) is 10.2 Å². The van der Waals surface area contributed by atoms with E-state index in [1.807, 2.05) is 6.07 Å². The van der Waals surface area contributed by atoms with Gasteiger partial charge in [-0.05, 0) is 35.2 Å². The number of aliphatic carboxylic acids is 1. The summed E-state index contributed by atoms with van der Waals surface area (Å²) in [4.78, 5) is 11.5. The molecule has 2 heteroatoms. The maximum absolute atomic E-state index is 11.5. The molecule has 1 aromatic rings. The summed E-state index contributed by atoms with van der Waals surface area (Å²) in [7, 11) is 0. The first kappa shape index (κ1) is 12.7. The molecule has 2 fully saturated rings. The predicted octanol–water partition coefficient (Wildman–Crippen LogP) is 3.86. The summed E-state index contributed by atoms with van der Waals surface area (Å²) < 4.78 is 0. The largest absolute Gasteiger partial charge is 0.481 e. The predicted molar refractivity (Wildman–Crippen MR) is 75.0 cm³/mol. The Hall–Kier alpha value is -1.31. The fourth-order valence-corrected chi connectivity index (χ4v) is 4.69. The Morgan fingerprint density at radius 2 is 1.74 bits per heavy atom. The van der Waals surface area contributed by atoms with E-state index < -0.39 is 5.97 Å². The Balaban J connectivity index is 2.02. The monoisotopic (exact) mass is 258 g/mol. The van der Waals surface area contributed by atoms with Gasteiger partial charge in [0.05, 0.1) is 5.92 Å². The first-order valence-corrected chi connectivity index (χ1v) is 7.28. The van der Waals surface area contributed by atoms with E-state index in [2.05, 4.69) is 38.1 Å². The molecular formula is C17H22O2. The van der Waals surface area contributed by atoms with Gasteiger partial charge >= 0.3 is 5.97 Å². The van der Waals surface area contributed by atoms with Crippen LogP contribution < -0.4 is 0 Å². The lowest BCUT2D eigenvalue weighted by Gasteiger charge is -2.32. The number of benzene rings is 1. The van der Waals surface area contributed by atoms with Crippen molar-refractivity contribution in [3.63, 3.8) is 0 Å². The number of hydrogen-bond acceptors (Lipinski definition) is 1. The summed E-state index contributed by atoms with van der Waals surface area (Å²) in [6.45, 7) is 4.25. The summed E-state index contributed by atoms with van der Waals surface area (Å²) in [5, 5.41) is 9.48. The molecular weight excluding hydrogens is 236 g/mol. The van der Waals surface area contributed by atoms with Gasteiger partial charge in [0.1, 0.15) is 0 Å². The average Bonchev–Trinajstić information content (AvgIpc) is 2.77. The zero-order valence-corrected chi connectivity index (χ0v) is 11.7. The second-order valence-corrected chi connectivity index (χ2v) is 6.84. The lowest BCUT2D eigenvalue weighted by atomic mass is 9.72. The van der Waals surface area contributed by atoms with Gasteiger partial charge in [-0.3, -0.25) is 4.79 Å². The molecule has 2 saturated carbocycles. The highest BCUT2D eigenvalue weighted by molar-refractivity contribution is 5.76. The first-order valence-electron chi connectivity index (χ1n) is 7.28. The normalized spacial score (nSPS) is 31.1. The van der Waals surface area contributed by atoms with Gasteiger partial charge in [0.25, 0.3) is 0 Å². The minimum atomic E-state index is -0.614. The van der Waals surface area contributed by atoms with Crippen LogP contribution in [0.15, 0.2) is 30.3 Å². The quantitative estimate of drug-likeness (QED) is 0.894. The number of rotatable bonds is 3. The highest BCUT2D eigenvalue weighted by Gasteiger charge is 2.70. The summed E-state index contributed by atoms with van der Waals surface area (Å²) in [5.41, 5.74) is 1.40. The lowest BCUT2D eigenvalue weighted by molar-refractivity contribution is -0.139. The van der Waals surface area contributed by atoms with E-state index in [4.69, 9.17) is 0 Å². The van der Waals surface area contributed by atoms with Crippen molar-refractivity contribution in [3.8, 4) is 0 Å². The molecule has 0 saturated heterocycles. The molecule has 102 valence electrons. The molecule has 0 radical (unpaired) electrons. The standard InChI is InChI=1S/C17H22O2/c1-16(2)13(15(18)19)14(16)17(10-6-7-11-17)12-8-4-3-5-9-12/h3-5,8-9,13-14H,6-7,10-11H2,1-2H3,(H,18,19). The van der Waals surface area contributed by atoms with Crippen LogP contribution in [-0.4, -0.2) is 11.1 Å². The van der Waals surface area contributed by atoms with Gasteiger partial charge in [0.15, 0.2) is 0 Å².